The van der Waals surface area contributed by atoms with Crippen molar-refractivity contribution in [2.24, 2.45) is 5.92 Å². The number of hydrogen-bond donors (Lipinski definition) is 1. The minimum atomic E-state index is 0.436. The Kier molecular flexibility index (Phi) is 4.04. The Balaban J connectivity index is 2.22. The van der Waals surface area contributed by atoms with Gasteiger partial charge in [-0.15, -0.1) is 0 Å². The number of methoxy groups -OCH3 is 1. The molecule has 1 aromatic heterocycles. The van der Waals surface area contributed by atoms with Crippen LogP contribution in [0.3, 0.4) is 0 Å². The quantitative estimate of drug-likeness (QED) is 0.896. The molecule has 0 aliphatic carbocycles. The number of ether oxygens (including phenoxy) is 1. The van der Waals surface area contributed by atoms with Gasteiger partial charge >= 0.3 is 6.01 Å². The normalized spacial score (nSPS) is 10.8. The highest BCUT2D eigenvalue weighted by molar-refractivity contribution is 5.65. The molecule has 0 saturated carbocycles. The minimum Gasteiger partial charge on any atom is -0.496 e. The molecule has 0 amide bonds. The van der Waals surface area contributed by atoms with Crippen LogP contribution in [0.4, 0.5) is 6.01 Å². The Morgan fingerprint density at radius 1 is 1.37 bits per heavy atom. The fourth-order valence-electron chi connectivity index (χ4n) is 1.68. The molecule has 0 saturated heterocycles. The highest BCUT2D eigenvalue weighted by Gasteiger charge is 2.13. The zero-order valence-electron chi connectivity index (χ0n) is 11.7. The van der Waals surface area contributed by atoms with Gasteiger partial charge < -0.3 is 14.6 Å². The van der Waals surface area contributed by atoms with Crippen molar-refractivity contribution in [2.75, 3.05) is 19.0 Å². The van der Waals surface area contributed by atoms with Crippen molar-refractivity contribution < 1.29 is 9.26 Å². The molecule has 0 aliphatic rings. The maximum absolute atomic E-state index is 5.35. The van der Waals surface area contributed by atoms with Crippen LogP contribution in [0.25, 0.3) is 11.4 Å². The summed E-state index contributed by atoms with van der Waals surface area (Å²) in [5.41, 5.74) is 1.96. The molecular formula is C14H19N3O2. The lowest BCUT2D eigenvalue weighted by Crippen LogP contribution is -2.07. The number of benzene rings is 1. The van der Waals surface area contributed by atoms with E-state index in [0.717, 1.165) is 23.4 Å². The van der Waals surface area contributed by atoms with Gasteiger partial charge in [0.1, 0.15) is 5.75 Å². The first kappa shape index (κ1) is 13.4. The van der Waals surface area contributed by atoms with E-state index in [9.17, 15) is 0 Å². The van der Waals surface area contributed by atoms with Crippen LogP contribution in [0.1, 0.15) is 19.4 Å². The average Bonchev–Trinajstić information content (AvgIpc) is 2.84. The molecule has 19 heavy (non-hydrogen) atoms. The van der Waals surface area contributed by atoms with Gasteiger partial charge in [0.25, 0.3) is 0 Å². The SMILES string of the molecule is COc1cc(C)ccc1-c1noc(NCC(C)C)n1. The molecule has 1 aromatic carbocycles. The summed E-state index contributed by atoms with van der Waals surface area (Å²) in [6, 6.07) is 6.32. The molecule has 0 unspecified atom stereocenters. The minimum absolute atomic E-state index is 0.436. The number of aryl methyl sites for hydroxylation is 1. The van der Waals surface area contributed by atoms with Gasteiger partial charge in [0, 0.05) is 6.54 Å². The molecule has 0 spiro atoms. The Labute approximate surface area is 113 Å². The summed E-state index contributed by atoms with van der Waals surface area (Å²) >= 11 is 0. The molecule has 5 heteroatoms. The summed E-state index contributed by atoms with van der Waals surface area (Å²) in [5, 5.41) is 7.08. The molecule has 0 radical (unpaired) electrons. The van der Waals surface area contributed by atoms with Crippen molar-refractivity contribution in [1.82, 2.24) is 10.1 Å². The van der Waals surface area contributed by atoms with Crippen LogP contribution >= 0.6 is 0 Å². The van der Waals surface area contributed by atoms with Crippen LogP contribution in [-0.4, -0.2) is 23.8 Å². The van der Waals surface area contributed by atoms with E-state index in [0.29, 0.717) is 17.8 Å². The standard InChI is InChI=1S/C14H19N3O2/c1-9(2)8-15-14-16-13(17-19-14)11-6-5-10(3)7-12(11)18-4/h5-7,9H,8H2,1-4H3,(H,15,16,17). The van der Waals surface area contributed by atoms with Gasteiger partial charge in [-0.2, -0.15) is 4.98 Å². The molecule has 1 N–H and O–H groups in total. The third kappa shape index (κ3) is 3.24. The molecule has 0 fully saturated rings. The number of anilines is 1. The van der Waals surface area contributed by atoms with Crippen LogP contribution in [0.15, 0.2) is 22.7 Å². The molecule has 2 aromatic rings. The number of rotatable bonds is 5. The second kappa shape index (κ2) is 5.73. The Hall–Kier alpha value is -2.04. The molecule has 5 nitrogen and oxygen atoms in total. The highest BCUT2D eigenvalue weighted by Crippen LogP contribution is 2.29. The second-order valence-electron chi connectivity index (χ2n) is 4.90. The maximum Gasteiger partial charge on any atom is 0.321 e. The van der Waals surface area contributed by atoms with Gasteiger partial charge in [-0.3, -0.25) is 0 Å². The van der Waals surface area contributed by atoms with Crippen LogP contribution in [-0.2, 0) is 0 Å². The van der Waals surface area contributed by atoms with Crippen LogP contribution in [0.5, 0.6) is 5.75 Å². The molecule has 0 atom stereocenters. The number of aromatic nitrogens is 2. The maximum atomic E-state index is 5.35. The Bertz CT molecular complexity index is 549. The fraction of sp³-hybridized carbons (Fsp3) is 0.429. The summed E-state index contributed by atoms with van der Waals surface area (Å²) in [7, 11) is 1.64. The molecule has 0 bridgehead atoms. The summed E-state index contributed by atoms with van der Waals surface area (Å²) in [6.45, 7) is 7.05. The zero-order chi connectivity index (χ0) is 13.8. The van der Waals surface area contributed by atoms with Crippen LogP contribution < -0.4 is 10.1 Å². The number of hydrogen-bond acceptors (Lipinski definition) is 5. The van der Waals surface area contributed by atoms with E-state index in [1.807, 2.05) is 25.1 Å². The largest absolute Gasteiger partial charge is 0.496 e. The fourth-order valence-corrected chi connectivity index (χ4v) is 1.68. The van der Waals surface area contributed by atoms with Gasteiger partial charge in [0.15, 0.2) is 0 Å². The summed E-state index contributed by atoms with van der Waals surface area (Å²) < 4.78 is 10.5. The first-order valence-corrected chi connectivity index (χ1v) is 6.32. The van der Waals surface area contributed by atoms with Crippen molar-refractivity contribution in [3.05, 3.63) is 23.8 Å². The molecule has 102 valence electrons. The summed E-state index contributed by atoms with van der Waals surface area (Å²) in [5.74, 6) is 1.79. The lowest BCUT2D eigenvalue weighted by molar-refractivity contribution is 0.413. The van der Waals surface area contributed by atoms with Gasteiger partial charge in [-0.1, -0.05) is 25.1 Å². The van der Waals surface area contributed by atoms with E-state index < -0.39 is 0 Å². The van der Waals surface area contributed by atoms with E-state index in [1.54, 1.807) is 7.11 Å². The van der Waals surface area contributed by atoms with Gasteiger partial charge in [0.05, 0.1) is 12.7 Å². The molecular weight excluding hydrogens is 242 g/mol. The topological polar surface area (TPSA) is 60.2 Å². The van der Waals surface area contributed by atoms with E-state index in [-0.39, 0.29) is 0 Å². The Morgan fingerprint density at radius 2 is 2.16 bits per heavy atom. The first-order chi connectivity index (χ1) is 9.10. The van der Waals surface area contributed by atoms with Gasteiger partial charge in [-0.05, 0) is 30.5 Å². The third-order valence-corrected chi connectivity index (χ3v) is 2.69. The lowest BCUT2D eigenvalue weighted by Gasteiger charge is -2.05. The van der Waals surface area contributed by atoms with Crippen molar-refractivity contribution >= 4 is 6.01 Å². The van der Waals surface area contributed by atoms with Crippen molar-refractivity contribution in [3.8, 4) is 17.1 Å². The van der Waals surface area contributed by atoms with E-state index in [1.165, 1.54) is 0 Å². The second-order valence-corrected chi connectivity index (χ2v) is 4.90. The van der Waals surface area contributed by atoms with Crippen LogP contribution in [0, 0.1) is 12.8 Å². The van der Waals surface area contributed by atoms with E-state index in [4.69, 9.17) is 9.26 Å². The van der Waals surface area contributed by atoms with E-state index >= 15 is 0 Å². The van der Waals surface area contributed by atoms with Crippen molar-refractivity contribution in [3.63, 3.8) is 0 Å². The highest BCUT2D eigenvalue weighted by atomic mass is 16.5. The van der Waals surface area contributed by atoms with Crippen molar-refractivity contribution in [1.29, 1.82) is 0 Å². The monoisotopic (exact) mass is 261 g/mol. The predicted octanol–water partition coefficient (Wildman–Crippen LogP) is 3.12. The number of nitrogens with one attached hydrogen (secondary N) is 1. The Morgan fingerprint density at radius 3 is 2.84 bits per heavy atom. The van der Waals surface area contributed by atoms with Crippen molar-refractivity contribution in [2.45, 2.75) is 20.8 Å². The molecule has 0 aliphatic heterocycles. The smallest absolute Gasteiger partial charge is 0.321 e. The van der Waals surface area contributed by atoms with E-state index in [2.05, 4.69) is 29.3 Å². The third-order valence-electron chi connectivity index (χ3n) is 2.69. The lowest BCUT2D eigenvalue weighted by atomic mass is 10.1. The van der Waals surface area contributed by atoms with Gasteiger partial charge in [-0.25, -0.2) is 0 Å². The average molecular weight is 261 g/mol. The van der Waals surface area contributed by atoms with Gasteiger partial charge in [0.2, 0.25) is 5.82 Å². The molecule has 1 heterocycles. The summed E-state index contributed by atoms with van der Waals surface area (Å²) in [6.07, 6.45) is 0. The molecule has 2 rings (SSSR count). The summed E-state index contributed by atoms with van der Waals surface area (Å²) in [4.78, 5) is 4.32. The van der Waals surface area contributed by atoms with Crippen LogP contribution in [0.2, 0.25) is 0 Å². The first-order valence-electron chi connectivity index (χ1n) is 6.32. The predicted molar refractivity (Wildman–Crippen MR) is 74.4 cm³/mol. The number of nitrogens with zero attached hydrogens (tertiary/aromatic N) is 2. The zero-order valence-corrected chi connectivity index (χ0v) is 11.7.